The van der Waals surface area contributed by atoms with Gasteiger partial charge in [0.1, 0.15) is 6.54 Å². The molecular formula is C13H16F3NO. The Morgan fingerprint density at radius 1 is 1.22 bits per heavy atom. The maximum absolute atomic E-state index is 12.4. The number of hydrogen-bond acceptors (Lipinski definition) is 1. The van der Waals surface area contributed by atoms with Gasteiger partial charge in [-0.15, -0.1) is 0 Å². The van der Waals surface area contributed by atoms with Gasteiger partial charge in [0.25, 0.3) is 0 Å². The molecule has 0 N–H and O–H groups in total. The monoisotopic (exact) mass is 259 g/mol. The third-order valence-electron chi connectivity index (χ3n) is 2.39. The van der Waals surface area contributed by atoms with Gasteiger partial charge >= 0.3 is 6.18 Å². The summed E-state index contributed by atoms with van der Waals surface area (Å²) in [4.78, 5) is 12.6. The van der Waals surface area contributed by atoms with Gasteiger partial charge in [-0.25, -0.2) is 0 Å². The molecule has 0 aliphatic heterocycles. The third-order valence-corrected chi connectivity index (χ3v) is 2.39. The summed E-state index contributed by atoms with van der Waals surface area (Å²) in [5.41, 5.74) is 0.691. The Hall–Kier alpha value is -1.52. The fourth-order valence-corrected chi connectivity index (χ4v) is 1.60. The zero-order valence-electron chi connectivity index (χ0n) is 10.4. The van der Waals surface area contributed by atoms with E-state index < -0.39 is 24.5 Å². The first-order valence-electron chi connectivity index (χ1n) is 5.69. The molecule has 1 amide bonds. The highest BCUT2D eigenvalue weighted by molar-refractivity contribution is 5.78. The highest BCUT2D eigenvalue weighted by Crippen LogP contribution is 2.19. The number of halogens is 3. The van der Waals surface area contributed by atoms with Gasteiger partial charge in [0.05, 0.1) is 0 Å². The van der Waals surface area contributed by atoms with E-state index in [-0.39, 0.29) is 6.54 Å². The second kappa shape index (κ2) is 5.89. The second-order valence-electron chi connectivity index (χ2n) is 4.45. The molecule has 0 saturated carbocycles. The number of alkyl halides is 3. The van der Waals surface area contributed by atoms with Crippen LogP contribution in [0, 0.1) is 5.92 Å². The van der Waals surface area contributed by atoms with Crippen molar-refractivity contribution in [1.82, 2.24) is 4.90 Å². The van der Waals surface area contributed by atoms with Crippen LogP contribution in [0.1, 0.15) is 19.4 Å². The van der Waals surface area contributed by atoms with Crippen LogP contribution in [0.15, 0.2) is 30.3 Å². The van der Waals surface area contributed by atoms with Crippen LogP contribution in [0.5, 0.6) is 0 Å². The van der Waals surface area contributed by atoms with Gasteiger partial charge in [0, 0.05) is 12.5 Å². The fraction of sp³-hybridized carbons (Fsp3) is 0.462. The van der Waals surface area contributed by atoms with Crippen molar-refractivity contribution in [1.29, 1.82) is 0 Å². The van der Waals surface area contributed by atoms with Gasteiger partial charge in [0.2, 0.25) is 5.91 Å². The molecule has 18 heavy (non-hydrogen) atoms. The van der Waals surface area contributed by atoms with Gasteiger partial charge in [-0.05, 0) is 5.56 Å². The molecule has 5 heteroatoms. The molecule has 0 bridgehead atoms. The summed E-state index contributed by atoms with van der Waals surface area (Å²) in [6.45, 7) is 1.96. The number of amides is 1. The van der Waals surface area contributed by atoms with Gasteiger partial charge in [-0.1, -0.05) is 44.2 Å². The van der Waals surface area contributed by atoms with Crippen LogP contribution in [-0.4, -0.2) is 23.5 Å². The van der Waals surface area contributed by atoms with Crippen LogP contribution in [0.4, 0.5) is 13.2 Å². The fourth-order valence-electron chi connectivity index (χ4n) is 1.60. The third kappa shape index (κ3) is 4.77. The minimum Gasteiger partial charge on any atom is -0.329 e. The van der Waals surface area contributed by atoms with E-state index in [0.29, 0.717) is 5.56 Å². The molecule has 2 nitrogen and oxygen atoms in total. The molecule has 0 radical (unpaired) electrons. The van der Waals surface area contributed by atoms with Crippen LogP contribution in [0.3, 0.4) is 0 Å². The molecule has 0 spiro atoms. The number of rotatable bonds is 4. The first kappa shape index (κ1) is 14.5. The normalized spacial score (nSPS) is 11.7. The molecule has 100 valence electrons. The zero-order valence-corrected chi connectivity index (χ0v) is 10.4. The molecule has 0 unspecified atom stereocenters. The van der Waals surface area contributed by atoms with Crippen molar-refractivity contribution in [2.45, 2.75) is 26.6 Å². The van der Waals surface area contributed by atoms with Gasteiger partial charge in [-0.2, -0.15) is 13.2 Å². The Bertz CT molecular complexity index is 387. The summed E-state index contributed by atoms with van der Waals surface area (Å²) in [6.07, 6.45) is -4.38. The van der Waals surface area contributed by atoms with Gasteiger partial charge in [-0.3, -0.25) is 4.79 Å². The minimum atomic E-state index is -4.38. The van der Waals surface area contributed by atoms with Crippen LogP contribution in [0.2, 0.25) is 0 Å². The number of benzene rings is 1. The van der Waals surface area contributed by atoms with Crippen molar-refractivity contribution in [2.24, 2.45) is 5.92 Å². The summed E-state index contributed by atoms with van der Waals surface area (Å²) in [7, 11) is 0. The molecule has 0 atom stereocenters. The topological polar surface area (TPSA) is 20.3 Å². The highest BCUT2D eigenvalue weighted by Gasteiger charge is 2.33. The van der Waals surface area contributed by atoms with E-state index in [0.717, 1.165) is 4.90 Å². The predicted octanol–water partition coefficient (Wildman–Crippen LogP) is 3.23. The maximum atomic E-state index is 12.4. The Morgan fingerprint density at radius 3 is 2.22 bits per heavy atom. The van der Waals surface area contributed by atoms with Crippen LogP contribution < -0.4 is 0 Å². The summed E-state index contributed by atoms with van der Waals surface area (Å²) in [6, 6.07) is 8.66. The first-order chi connectivity index (χ1) is 8.29. The first-order valence-corrected chi connectivity index (χ1v) is 5.69. The Balaban J connectivity index is 2.81. The second-order valence-corrected chi connectivity index (χ2v) is 4.45. The molecule has 0 heterocycles. The summed E-state index contributed by atoms with van der Waals surface area (Å²) in [5, 5.41) is 0. The number of hydrogen-bond donors (Lipinski definition) is 0. The SMILES string of the molecule is CC(C)C(=O)N(Cc1ccccc1)CC(F)(F)F. The van der Waals surface area contributed by atoms with E-state index in [2.05, 4.69) is 0 Å². The van der Waals surface area contributed by atoms with Crippen molar-refractivity contribution < 1.29 is 18.0 Å². The van der Waals surface area contributed by atoms with E-state index in [9.17, 15) is 18.0 Å². The summed E-state index contributed by atoms with van der Waals surface area (Å²) < 4.78 is 37.3. The van der Waals surface area contributed by atoms with Crippen LogP contribution in [0.25, 0.3) is 0 Å². The largest absolute Gasteiger partial charge is 0.406 e. The van der Waals surface area contributed by atoms with E-state index in [1.807, 2.05) is 0 Å². The smallest absolute Gasteiger partial charge is 0.329 e. The molecule has 1 aromatic rings. The van der Waals surface area contributed by atoms with E-state index in [1.165, 1.54) is 0 Å². The number of carbonyl (C=O) groups is 1. The standard InChI is InChI=1S/C13H16F3NO/c1-10(2)12(18)17(9-13(14,15)16)8-11-6-4-3-5-7-11/h3-7,10H,8-9H2,1-2H3. The van der Waals surface area contributed by atoms with Crippen molar-refractivity contribution in [3.63, 3.8) is 0 Å². The van der Waals surface area contributed by atoms with Gasteiger partial charge in [0.15, 0.2) is 0 Å². The molecule has 0 aromatic heterocycles. The van der Waals surface area contributed by atoms with Crippen molar-refractivity contribution >= 4 is 5.91 Å². The van der Waals surface area contributed by atoms with Crippen LogP contribution in [-0.2, 0) is 11.3 Å². The van der Waals surface area contributed by atoms with Crippen molar-refractivity contribution in [3.8, 4) is 0 Å². The number of nitrogens with zero attached hydrogens (tertiary/aromatic N) is 1. The lowest BCUT2D eigenvalue weighted by atomic mass is 10.1. The van der Waals surface area contributed by atoms with Gasteiger partial charge < -0.3 is 4.90 Å². The van der Waals surface area contributed by atoms with Crippen molar-refractivity contribution in [2.75, 3.05) is 6.54 Å². The van der Waals surface area contributed by atoms with E-state index in [4.69, 9.17) is 0 Å². The molecular weight excluding hydrogens is 243 g/mol. The Morgan fingerprint density at radius 2 is 1.78 bits per heavy atom. The van der Waals surface area contributed by atoms with Crippen molar-refractivity contribution in [3.05, 3.63) is 35.9 Å². The Labute approximate surface area is 104 Å². The van der Waals surface area contributed by atoms with Crippen LogP contribution >= 0.6 is 0 Å². The zero-order chi connectivity index (χ0) is 13.8. The molecule has 1 aromatic carbocycles. The number of carbonyl (C=O) groups excluding carboxylic acids is 1. The maximum Gasteiger partial charge on any atom is 0.406 e. The molecule has 0 saturated heterocycles. The lowest BCUT2D eigenvalue weighted by molar-refractivity contribution is -0.164. The molecule has 0 aliphatic carbocycles. The lowest BCUT2D eigenvalue weighted by Gasteiger charge is -2.25. The summed E-state index contributed by atoms with van der Waals surface area (Å²) >= 11 is 0. The average molecular weight is 259 g/mol. The molecule has 1 rings (SSSR count). The quantitative estimate of drug-likeness (QED) is 0.813. The Kier molecular flexibility index (Phi) is 4.76. The highest BCUT2D eigenvalue weighted by atomic mass is 19.4. The van der Waals surface area contributed by atoms with E-state index in [1.54, 1.807) is 44.2 Å². The summed E-state index contributed by atoms with van der Waals surface area (Å²) in [5.74, 6) is -0.938. The predicted molar refractivity (Wildman–Crippen MR) is 62.8 cm³/mol. The molecule has 0 fully saturated rings. The average Bonchev–Trinajstić information content (AvgIpc) is 2.26. The van der Waals surface area contributed by atoms with E-state index >= 15 is 0 Å². The lowest BCUT2D eigenvalue weighted by Crippen LogP contribution is -2.40. The minimum absolute atomic E-state index is 0.0165. The molecule has 0 aliphatic rings.